The molecule has 3 nitrogen and oxygen atoms in total. The molecule has 0 aliphatic rings. The second-order valence-electron chi connectivity index (χ2n) is 6.23. The van der Waals surface area contributed by atoms with Gasteiger partial charge >= 0.3 is 6.18 Å². The first-order valence-electron chi connectivity index (χ1n) is 7.98. The van der Waals surface area contributed by atoms with E-state index in [9.17, 15) is 13.2 Å². The summed E-state index contributed by atoms with van der Waals surface area (Å²) in [5, 5.41) is 9.00. The minimum Gasteiger partial charge on any atom is -0.341 e. The molecular weight excluding hydrogens is 339 g/mol. The zero-order valence-electron chi connectivity index (χ0n) is 14.3. The van der Waals surface area contributed by atoms with Crippen molar-refractivity contribution in [3.8, 4) is 6.07 Å². The number of pyridine rings is 1. The van der Waals surface area contributed by atoms with Crippen LogP contribution in [0.15, 0.2) is 48.3 Å². The number of alkyl halides is 3. The SMILES string of the molecule is C/C(C#N)=C/c1cn(Cc2cc(C)cc(C(F)(F)F)c2)c2cccnc12. The van der Waals surface area contributed by atoms with Crippen molar-refractivity contribution in [2.45, 2.75) is 26.6 Å². The molecule has 132 valence electrons. The molecule has 3 aromatic rings. The van der Waals surface area contributed by atoms with Gasteiger partial charge in [-0.2, -0.15) is 18.4 Å². The molecule has 0 saturated heterocycles. The highest BCUT2D eigenvalue weighted by molar-refractivity contribution is 5.86. The second kappa shape index (κ2) is 6.68. The molecule has 3 rings (SSSR count). The molecule has 0 aliphatic carbocycles. The molecule has 0 saturated carbocycles. The third-order valence-electron chi connectivity index (χ3n) is 4.03. The van der Waals surface area contributed by atoms with Gasteiger partial charge in [-0.3, -0.25) is 4.98 Å². The first-order valence-corrected chi connectivity index (χ1v) is 7.98. The largest absolute Gasteiger partial charge is 0.416 e. The Morgan fingerprint density at radius 1 is 1.31 bits per heavy atom. The van der Waals surface area contributed by atoms with E-state index in [2.05, 4.69) is 11.1 Å². The Labute approximate surface area is 149 Å². The number of rotatable bonds is 3. The smallest absolute Gasteiger partial charge is 0.341 e. The Bertz CT molecular complexity index is 1040. The molecule has 1 aromatic carbocycles. The van der Waals surface area contributed by atoms with E-state index in [0.29, 0.717) is 22.2 Å². The van der Waals surface area contributed by atoms with E-state index >= 15 is 0 Å². The highest BCUT2D eigenvalue weighted by atomic mass is 19.4. The number of aromatic nitrogens is 2. The normalized spacial score (nSPS) is 12.4. The average molecular weight is 355 g/mol. The van der Waals surface area contributed by atoms with Crippen LogP contribution in [-0.4, -0.2) is 9.55 Å². The highest BCUT2D eigenvalue weighted by Gasteiger charge is 2.30. The lowest BCUT2D eigenvalue weighted by Crippen LogP contribution is -2.07. The molecule has 0 atom stereocenters. The van der Waals surface area contributed by atoms with Crippen molar-refractivity contribution in [1.29, 1.82) is 5.26 Å². The zero-order chi connectivity index (χ0) is 18.9. The minimum atomic E-state index is -4.38. The maximum atomic E-state index is 13.1. The summed E-state index contributed by atoms with van der Waals surface area (Å²) in [4.78, 5) is 4.35. The van der Waals surface area contributed by atoms with Crippen molar-refractivity contribution in [2.24, 2.45) is 0 Å². The maximum absolute atomic E-state index is 13.1. The number of allylic oxidation sites excluding steroid dienone is 1. The minimum absolute atomic E-state index is 0.284. The lowest BCUT2D eigenvalue weighted by atomic mass is 10.1. The van der Waals surface area contributed by atoms with Gasteiger partial charge in [0.15, 0.2) is 0 Å². The van der Waals surface area contributed by atoms with Gasteiger partial charge in [0.05, 0.1) is 22.7 Å². The number of aryl methyl sites for hydroxylation is 1. The van der Waals surface area contributed by atoms with E-state index in [4.69, 9.17) is 5.26 Å². The molecule has 0 aliphatic heterocycles. The predicted molar refractivity (Wildman–Crippen MR) is 94.3 cm³/mol. The molecule has 0 spiro atoms. The molecule has 0 radical (unpaired) electrons. The standard InChI is InChI=1S/C20H16F3N3/c1-13-6-15(9-17(8-13)20(21,22)23)11-26-12-16(7-14(2)10-24)19-18(26)4-3-5-25-19/h3-9,12H,11H2,1-2H3/b14-7-. The average Bonchev–Trinajstić information content (AvgIpc) is 2.91. The van der Waals surface area contributed by atoms with Crippen LogP contribution in [0.3, 0.4) is 0 Å². The van der Waals surface area contributed by atoms with E-state index in [0.717, 1.165) is 17.1 Å². The van der Waals surface area contributed by atoms with Crippen LogP contribution in [0.5, 0.6) is 0 Å². The Kier molecular flexibility index (Phi) is 4.56. The van der Waals surface area contributed by atoms with Gasteiger partial charge in [0.25, 0.3) is 0 Å². The van der Waals surface area contributed by atoms with Crippen LogP contribution >= 0.6 is 0 Å². The molecular formula is C20H16F3N3. The predicted octanol–water partition coefficient (Wildman–Crippen LogP) is 5.34. The molecule has 0 bridgehead atoms. The van der Waals surface area contributed by atoms with Crippen molar-refractivity contribution in [2.75, 3.05) is 0 Å². The lowest BCUT2D eigenvalue weighted by Gasteiger charge is -2.12. The van der Waals surface area contributed by atoms with Crippen LogP contribution in [0.2, 0.25) is 0 Å². The molecule has 2 aromatic heterocycles. The van der Waals surface area contributed by atoms with E-state index < -0.39 is 11.7 Å². The third kappa shape index (κ3) is 3.62. The first-order chi connectivity index (χ1) is 12.3. The fourth-order valence-electron chi connectivity index (χ4n) is 2.97. The number of hydrogen-bond donors (Lipinski definition) is 0. The molecule has 6 heteroatoms. The number of fused-ring (bicyclic) bond motifs is 1. The van der Waals surface area contributed by atoms with Gasteiger partial charge in [0.1, 0.15) is 0 Å². The zero-order valence-corrected chi connectivity index (χ0v) is 14.3. The van der Waals surface area contributed by atoms with Crippen molar-refractivity contribution < 1.29 is 13.2 Å². The third-order valence-corrected chi connectivity index (χ3v) is 4.03. The van der Waals surface area contributed by atoms with Gasteiger partial charge < -0.3 is 4.57 Å². The molecule has 2 heterocycles. The van der Waals surface area contributed by atoms with Crippen LogP contribution in [0.25, 0.3) is 17.1 Å². The highest BCUT2D eigenvalue weighted by Crippen LogP contribution is 2.31. The van der Waals surface area contributed by atoms with Gasteiger partial charge in [0.2, 0.25) is 0 Å². The maximum Gasteiger partial charge on any atom is 0.416 e. The van der Waals surface area contributed by atoms with Gasteiger partial charge in [-0.15, -0.1) is 0 Å². The molecule has 0 amide bonds. The summed E-state index contributed by atoms with van der Waals surface area (Å²) in [5.41, 5.74) is 3.29. The van der Waals surface area contributed by atoms with Crippen LogP contribution in [0.1, 0.15) is 29.2 Å². The summed E-state index contributed by atoms with van der Waals surface area (Å²) in [6, 6.07) is 9.77. The fourth-order valence-corrected chi connectivity index (χ4v) is 2.97. The first kappa shape index (κ1) is 17.7. The summed E-state index contributed by atoms with van der Waals surface area (Å²) >= 11 is 0. The lowest BCUT2D eigenvalue weighted by molar-refractivity contribution is -0.137. The van der Waals surface area contributed by atoms with Crippen molar-refractivity contribution in [3.63, 3.8) is 0 Å². The van der Waals surface area contributed by atoms with Gasteiger partial charge in [-0.1, -0.05) is 11.6 Å². The monoisotopic (exact) mass is 355 g/mol. The summed E-state index contributed by atoms with van der Waals surface area (Å²) in [7, 11) is 0. The Morgan fingerprint density at radius 2 is 2.08 bits per heavy atom. The van der Waals surface area contributed by atoms with Gasteiger partial charge in [-0.05, 0) is 49.8 Å². The number of nitriles is 1. The number of nitrogens with zero attached hydrogens (tertiary/aromatic N) is 3. The van der Waals surface area contributed by atoms with Crippen molar-refractivity contribution in [1.82, 2.24) is 9.55 Å². The van der Waals surface area contributed by atoms with Gasteiger partial charge in [0, 0.05) is 30.1 Å². The van der Waals surface area contributed by atoms with Crippen LogP contribution < -0.4 is 0 Å². The van der Waals surface area contributed by atoms with E-state index in [1.807, 2.05) is 16.8 Å². The quantitative estimate of drug-likeness (QED) is 0.595. The fraction of sp³-hybridized carbons (Fsp3) is 0.200. The Balaban J connectivity index is 2.08. The number of hydrogen-bond acceptors (Lipinski definition) is 2. The number of benzene rings is 1. The van der Waals surface area contributed by atoms with E-state index in [1.54, 1.807) is 38.3 Å². The van der Waals surface area contributed by atoms with Crippen molar-refractivity contribution in [3.05, 3.63) is 70.6 Å². The summed E-state index contributed by atoms with van der Waals surface area (Å²) in [5.74, 6) is 0. The van der Waals surface area contributed by atoms with Crippen LogP contribution in [-0.2, 0) is 12.7 Å². The number of halogens is 3. The molecule has 0 N–H and O–H groups in total. The van der Waals surface area contributed by atoms with Gasteiger partial charge in [-0.25, -0.2) is 0 Å². The van der Waals surface area contributed by atoms with Crippen LogP contribution in [0, 0.1) is 18.3 Å². The summed E-state index contributed by atoms with van der Waals surface area (Å²) < 4.78 is 41.1. The Morgan fingerprint density at radius 3 is 2.77 bits per heavy atom. The van der Waals surface area contributed by atoms with E-state index in [-0.39, 0.29) is 6.54 Å². The second-order valence-corrected chi connectivity index (χ2v) is 6.23. The Hall–Kier alpha value is -3.07. The summed E-state index contributed by atoms with van der Waals surface area (Å²) in [6.45, 7) is 3.63. The summed E-state index contributed by atoms with van der Waals surface area (Å²) in [6.07, 6.45) is 0.816. The molecule has 26 heavy (non-hydrogen) atoms. The molecule has 0 fully saturated rings. The topological polar surface area (TPSA) is 41.6 Å². The van der Waals surface area contributed by atoms with Crippen molar-refractivity contribution >= 4 is 17.1 Å². The van der Waals surface area contributed by atoms with Crippen LogP contribution in [0.4, 0.5) is 13.2 Å². The molecule has 0 unspecified atom stereocenters. The van der Waals surface area contributed by atoms with E-state index in [1.165, 1.54) is 6.07 Å².